The molecule has 99 heavy (non-hydrogen) atoms. The third-order valence-corrected chi connectivity index (χ3v) is 17.9. The first kappa shape index (κ1) is 70.7. The molecule has 5 aromatic heterocycles. The molecule has 11 heterocycles. The van der Waals surface area contributed by atoms with Gasteiger partial charge >= 0.3 is 35.4 Å². The maximum atomic E-state index is 13.6. The summed E-state index contributed by atoms with van der Waals surface area (Å²) in [5.41, 5.74) is 5.74. The van der Waals surface area contributed by atoms with E-state index in [2.05, 4.69) is 42.7 Å². The van der Waals surface area contributed by atoms with Gasteiger partial charge in [-0.05, 0) is 125 Å². The number of nitrogen functional groups attached to an aromatic ring is 1. The van der Waals surface area contributed by atoms with E-state index in [1.54, 1.807) is 35.8 Å². The van der Waals surface area contributed by atoms with Gasteiger partial charge in [0.15, 0.2) is 17.1 Å². The smallest absolute Gasteiger partial charge is 0.415 e. The molecule has 33 nitrogen and oxygen atoms in total. The Balaban J connectivity index is 0.000000166. The zero-order chi connectivity index (χ0) is 70.8. The second kappa shape index (κ2) is 30.9. The van der Waals surface area contributed by atoms with Gasteiger partial charge in [0.05, 0.1) is 41.3 Å². The number of carbonyl (C=O) groups is 6. The lowest BCUT2D eigenvalue weighted by Gasteiger charge is -2.39. The fourth-order valence-electron chi connectivity index (χ4n) is 12.7. The molecule has 524 valence electrons. The van der Waals surface area contributed by atoms with Crippen LogP contribution < -0.4 is 64.9 Å². The summed E-state index contributed by atoms with van der Waals surface area (Å²) in [5, 5.41) is 38.3. The van der Waals surface area contributed by atoms with Crippen molar-refractivity contribution in [2.24, 2.45) is 0 Å². The number of amides is 3. The largest absolute Gasteiger partial charge is 0.481 e. The highest BCUT2D eigenvalue weighted by molar-refractivity contribution is 5.97. The van der Waals surface area contributed by atoms with E-state index >= 15 is 0 Å². The number of H-pyrrole nitrogens is 4. The number of ether oxygens (including phenoxy) is 3. The lowest BCUT2D eigenvalue weighted by atomic mass is 9.86. The number of aliphatic hydroxyl groups is 1. The number of rotatable bonds is 15. The van der Waals surface area contributed by atoms with E-state index in [0.29, 0.717) is 92.0 Å². The second-order valence-electron chi connectivity index (χ2n) is 24.1. The highest BCUT2D eigenvalue weighted by Gasteiger charge is 2.46. The van der Waals surface area contributed by atoms with Crippen molar-refractivity contribution in [3.05, 3.63) is 163 Å². The number of aryl methyl sites for hydroxylation is 1. The van der Waals surface area contributed by atoms with Crippen LogP contribution in [0, 0.1) is 5.82 Å². The van der Waals surface area contributed by atoms with Crippen molar-refractivity contribution in [2.45, 2.75) is 128 Å². The van der Waals surface area contributed by atoms with Gasteiger partial charge in [-0.2, -0.15) is 9.37 Å². The molecule has 34 heteroatoms. The molecule has 0 spiro atoms. The molecule has 3 saturated heterocycles. The molecule has 12 N–H and O–H groups in total. The van der Waals surface area contributed by atoms with Gasteiger partial charge in [0.2, 0.25) is 18.2 Å². The third-order valence-electron chi connectivity index (χ3n) is 17.9. The van der Waals surface area contributed by atoms with Gasteiger partial charge in [-0.15, -0.1) is 0 Å². The summed E-state index contributed by atoms with van der Waals surface area (Å²) in [5.74, 6) is -4.24. The number of anilines is 4. The Morgan fingerprint density at radius 2 is 1.64 bits per heavy atom. The van der Waals surface area contributed by atoms with Gasteiger partial charge in [0, 0.05) is 85.3 Å². The molecule has 0 aliphatic carbocycles. The molecule has 0 radical (unpaired) electrons. The number of aromatic nitrogens is 8. The summed E-state index contributed by atoms with van der Waals surface area (Å²) >= 11 is 0. The van der Waals surface area contributed by atoms with Crippen LogP contribution in [0.5, 0.6) is 5.75 Å². The Morgan fingerprint density at radius 1 is 0.889 bits per heavy atom. The van der Waals surface area contributed by atoms with Crippen molar-refractivity contribution < 1.29 is 62.7 Å². The first-order valence-corrected chi connectivity index (χ1v) is 32.2. The number of aromatic amines is 4. The molecular formula is C65H74FN15O18. The van der Waals surface area contributed by atoms with Gasteiger partial charge in [-0.25, -0.2) is 29.0 Å². The molecular weight excluding hydrogens is 1300 g/mol. The van der Waals surface area contributed by atoms with Crippen molar-refractivity contribution in [3.8, 4) is 17.1 Å². The van der Waals surface area contributed by atoms with E-state index in [9.17, 15) is 72.1 Å². The monoisotopic (exact) mass is 1370 g/mol. The Bertz CT molecular complexity index is 4560. The van der Waals surface area contributed by atoms with Crippen LogP contribution in [0.3, 0.4) is 0 Å². The number of aliphatic carboxylic acids is 2. The zero-order valence-electron chi connectivity index (χ0n) is 53.9. The molecule has 7 aromatic rings. The van der Waals surface area contributed by atoms with Crippen LogP contribution in [-0.2, 0) is 53.8 Å². The number of esters is 1. The van der Waals surface area contributed by atoms with E-state index in [1.807, 2.05) is 27.0 Å². The van der Waals surface area contributed by atoms with Crippen molar-refractivity contribution in [2.75, 3.05) is 67.1 Å². The van der Waals surface area contributed by atoms with Crippen LogP contribution in [0.4, 0.5) is 32.3 Å². The molecule has 2 unspecified atom stereocenters. The molecule has 4 atom stereocenters. The average molecular weight is 1370 g/mol. The molecule has 3 fully saturated rings. The number of nitrogens with one attached hydrogen (secondary N) is 7. The number of likely N-dealkylation sites (tertiary alicyclic amines) is 2. The molecule has 0 bridgehead atoms. The van der Waals surface area contributed by atoms with Gasteiger partial charge in [-0.1, -0.05) is 20.3 Å². The standard InChI is InChI=1S/C33H38N4O6.C20H23N7O7.C8H9FN2O3.C4H4N2O2/c1-3-22-23-16-21(43-32(40)36-14-10-20(11-15-36)35-12-6-5-7-13-35)8-9-27(23)34-29-24(22)18-37-28(29)17-26-25(30(37)38)19-42-31(39)33(26,41)4-2;21-20-25-16-15(18(32)26-20)27(9-28)12(8-23-16)7-22-11-3-1-10(2-4-11)17(31)24-13(19(33)34)5-6-14(29)30;9-5-4-11(6-2-1-3-14-6)8(13)10-7(5)12;7-3-1-2-5-4(8)6-3/h8-9,16-17,20,41H,3-7,10-15,18-19H2,1-2H3;1-4,9,12-13,22H,5-8H2,(H,24,31)(H,29,30)(H,33,34)(H4,21,23,25,26,32);4,6H,1-3H2,(H,10,12,13);1-2H,(H2,5,6,7,8)/t33-;12?,13-;;/m00../s1. The minimum absolute atomic E-state index is 0.0603. The quantitative estimate of drug-likeness (QED) is 0.0518. The van der Waals surface area contributed by atoms with Gasteiger partial charge in [0.25, 0.3) is 28.1 Å². The van der Waals surface area contributed by atoms with Crippen LogP contribution in [0.2, 0.25) is 0 Å². The summed E-state index contributed by atoms with van der Waals surface area (Å²) in [4.78, 5) is 163. The number of carbonyl (C=O) groups excluding carboxylic acids is 4. The highest BCUT2D eigenvalue weighted by atomic mass is 19.1. The fraction of sp³-hybridized carbons (Fsp3) is 0.415. The van der Waals surface area contributed by atoms with Crippen LogP contribution in [-0.4, -0.2) is 164 Å². The molecule has 3 amide bonds. The normalized spacial score (nSPS) is 18.7. The highest BCUT2D eigenvalue weighted by Crippen LogP contribution is 2.41. The number of pyridine rings is 2. The molecule has 13 rings (SSSR count). The number of carboxylic acids is 2. The zero-order valence-corrected chi connectivity index (χ0v) is 53.9. The predicted molar refractivity (Wildman–Crippen MR) is 354 cm³/mol. The van der Waals surface area contributed by atoms with Crippen LogP contribution in [0.25, 0.3) is 22.3 Å². The number of piperidine rings is 2. The minimum Gasteiger partial charge on any atom is -0.481 e. The van der Waals surface area contributed by atoms with Gasteiger partial charge < -0.3 is 75.5 Å². The number of hydrogen-bond donors (Lipinski definition) is 11. The third kappa shape index (κ3) is 16.0. The number of carboxylic acid groups (broad SMARTS) is 2. The number of nitrogens with zero attached hydrogens (tertiary/aromatic N) is 7. The lowest BCUT2D eigenvalue weighted by molar-refractivity contribution is -0.172. The lowest BCUT2D eigenvalue weighted by Crippen LogP contribution is -2.50. The summed E-state index contributed by atoms with van der Waals surface area (Å²) in [6, 6.07) is 13.4. The van der Waals surface area contributed by atoms with E-state index in [0.717, 1.165) is 52.1 Å². The van der Waals surface area contributed by atoms with Gasteiger partial charge in [-0.3, -0.25) is 53.1 Å². The Labute approximate surface area is 560 Å². The molecule has 2 aromatic carbocycles. The summed E-state index contributed by atoms with van der Waals surface area (Å²) in [7, 11) is 0. The van der Waals surface area contributed by atoms with E-state index in [1.165, 1.54) is 61.6 Å². The second-order valence-corrected chi connectivity index (χ2v) is 24.1. The molecule has 6 aliphatic heterocycles. The topological polar surface area (TPSA) is 464 Å². The fourth-order valence-corrected chi connectivity index (χ4v) is 12.7. The maximum Gasteiger partial charge on any atom is 0.415 e. The van der Waals surface area contributed by atoms with Crippen molar-refractivity contribution in [3.63, 3.8) is 0 Å². The average Bonchev–Trinajstić information content (AvgIpc) is 1.61. The molecule has 6 aliphatic rings. The van der Waals surface area contributed by atoms with Crippen molar-refractivity contribution in [1.82, 2.24) is 54.2 Å². The van der Waals surface area contributed by atoms with E-state index < -0.39 is 82.5 Å². The first-order chi connectivity index (χ1) is 47.5. The van der Waals surface area contributed by atoms with E-state index in [-0.39, 0.29) is 66.2 Å². The van der Waals surface area contributed by atoms with Crippen molar-refractivity contribution in [1.29, 1.82) is 0 Å². The summed E-state index contributed by atoms with van der Waals surface area (Å²) in [6.45, 7) is 8.77. The summed E-state index contributed by atoms with van der Waals surface area (Å²) in [6.07, 6.45) is 9.38. The molecule has 0 saturated carbocycles. The number of fused-ring (bicyclic) bond motifs is 6. The number of nitrogens with two attached hydrogens (primary N) is 1. The maximum absolute atomic E-state index is 13.6. The Hall–Kier alpha value is -11.1. The van der Waals surface area contributed by atoms with E-state index in [4.69, 9.17) is 30.0 Å². The number of benzene rings is 2. The Morgan fingerprint density at radius 3 is 2.28 bits per heavy atom. The van der Waals surface area contributed by atoms with Crippen LogP contribution >= 0.6 is 0 Å². The predicted octanol–water partition coefficient (Wildman–Crippen LogP) is 2.41. The number of hydrogen-bond acceptors (Lipinski definition) is 22. The SMILES string of the molecule is CCc1c2c(nc3ccc(OC(=O)N4CCC(N5CCCCC5)CC4)cc13)-c1cc3c(c(=O)n1C2)COC(=O)[C@]3(O)CC.Nc1nc2c(c(=O)[nH]1)N(C=O)C(CNc1ccc(C(=O)N[C@@H](CCC(=O)O)C(=O)O)cc1)CN2.O=c1[nH]c(=O)n(C2CCCO2)cc1F.O=c1cc[nH]c(=O)[nH]1. The van der Waals surface area contributed by atoms with Crippen LogP contribution in [0.1, 0.15) is 117 Å². The summed E-state index contributed by atoms with van der Waals surface area (Å²) < 4.78 is 31.8. The van der Waals surface area contributed by atoms with Crippen molar-refractivity contribution >= 4 is 70.4 Å². The Kier molecular flexibility index (Phi) is 22.1. The minimum atomic E-state index is -1.86. The number of cyclic esters (lactones) is 1. The first-order valence-electron chi connectivity index (χ1n) is 32.2. The van der Waals surface area contributed by atoms with Crippen LogP contribution in [0.15, 0.2) is 95.8 Å². The number of halogens is 1. The van der Waals surface area contributed by atoms with Gasteiger partial charge in [0.1, 0.15) is 24.6 Å².